The van der Waals surface area contributed by atoms with Crippen LogP contribution >= 0.6 is 0 Å². The number of anilines is 1. The predicted molar refractivity (Wildman–Crippen MR) is 72.7 cm³/mol. The van der Waals surface area contributed by atoms with Gasteiger partial charge in [0.1, 0.15) is 11.6 Å². The highest BCUT2D eigenvalue weighted by Crippen LogP contribution is 2.14. The minimum Gasteiger partial charge on any atom is -0.385 e. The first-order valence-corrected chi connectivity index (χ1v) is 6.38. The summed E-state index contributed by atoms with van der Waals surface area (Å²) in [6, 6.07) is 3.58. The van der Waals surface area contributed by atoms with Crippen LogP contribution in [-0.2, 0) is 11.3 Å². The van der Waals surface area contributed by atoms with Gasteiger partial charge in [0.05, 0.1) is 6.54 Å². The number of aromatic nitrogens is 2. The van der Waals surface area contributed by atoms with Crippen LogP contribution in [0.25, 0.3) is 0 Å². The molecule has 1 aromatic carbocycles. The maximum atomic E-state index is 13.6. The summed E-state index contributed by atoms with van der Waals surface area (Å²) in [6.07, 6.45) is 4.25. The molecule has 0 saturated heterocycles. The van der Waals surface area contributed by atoms with Gasteiger partial charge < -0.3 is 14.6 Å². The molecule has 0 aliphatic rings. The van der Waals surface area contributed by atoms with Gasteiger partial charge in [0, 0.05) is 44.3 Å². The fourth-order valence-corrected chi connectivity index (χ4v) is 1.85. The SMILES string of the molecule is COCCCNc1nccn1Cc1ccc(F)cc1F. The number of hydrogen-bond acceptors (Lipinski definition) is 3. The van der Waals surface area contributed by atoms with Crippen molar-refractivity contribution in [3.8, 4) is 0 Å². The number of methoxy groups -OCH3 is 1. The Kier molecular flexibility index (Phi) is 5.06. The van der Waals surface area contributed by atoms with Crippen LogP contribution in [0.2, 0.25) is 0 Å². The topological polar surface area (TPSA) is 39.1 Å². The van der Waals surface area contributed by atoms with Crippen LogP contribution in [0, 0.1) is 11.6 Å². The number of nitrogens with one attached hydrogen (secondary N) is 1. The molecule has 0 unspecified atom stereocenters. The van der Waals surface area contributed by atoms with Crippen molar-refractivity contribution in [1.29, 1.82) is 0 Å². The van der Waals surface area contributed by atoms with Crippen molar-refractivity contribution >= 4 is 5.95 Å². The Morgan fingerprint density at radius 3 is 2.95 bits per heavy atom. The van der Waals surface area contributed by atoms with E-state index < -0.39 is 11.6 Å². The minimum absolute atomic E-state index is 0.304. The summed E-state index contributed by atoms with van der Waals surface area (Å²) in [6.45, 7) is 1.69. The molecule has 2 aromatic rings. The van der Waals surface area contributed by atoms with Crippen LogP contribution in [0.5, 0.6) is 0 Å². The zero-order valence-electron chi connectivity index (χ0n) is 11.3. The van der Waals surface area contributed by atoms with Crippen molar-refractivity contribution in [3.63, 3.8) is 0 Å². The van der Waals surface area contributed by atoms with Crippen LogP contribution in [0.15, 0.2) is 30.6 Å². The van der Waals surface area contributed by atoms with E-state index in [2.05, 4.69) is 10.3 Å². The second-order valence-corrected chi connectivity index (χ2v) is 4.39. The van der Waals surface area contributed by atoms with E-state index in [9.17, 15) is 8.78 Å². The monoisotopic (exact) mass is 281 g/mol. The van der Waals surface area contributed by atoms with Gasteiger partial charge in [-0.2, -0.15) is 0 Å². The molecular formula is C14H17F2N3O. The summed E-state index contributed by atoms with van der Waals surface area (Å²) in [4.78, 5) is 4.17. The molecule has 2 rings (SSSR count). The highest BCUT2D eigenvalue weighted by Gasteiger charge is 2.07. The lowest BCUT2D eigenvalue weighted by molar-refractivity contribution is 0.197. The van der Waals surface area contributed by atoms with Crippen molar-refractivity contribution < 1.29 is 13.5 Å². The largest absolute Gasteiger partial charge is 0.385 e. The summed E-state index contributed by atoms with van der Waals surface area (Å²) in [5.74, 6) is -0.469. The molecule has 0 amide bonds. The van der Waals surface area contributed by atoms with E-state index in [0.717, 1.165) is 19.0 Å². The van der Waals surface area contributed by atoms with Gasteiger partial charge >= 0.3 is 0 Å². The number of imidazole rings is 1. The Morgan fingerprint density at radius 2 is 2.20 bits per heavy atom. The predicted octanol–water partition coefficient (Wildman–Crippen LogP) is 2.66. The fraction of sp³-hybridized carbons (Fsp3) is 0.357. The molecule has 1 heterocycles. The van der Waals surface area contributed by atoms with Crippen LogP contribution in [-0.4, -0.2) is 29.8 Å². The molecule has 0 bridgehead atoms. The molecule has 0 atom stereocenters. The van der Waals surface area contributed by atoms with E-state index in [1.807, 2.05) is 0 Å². The number of rotatable bonds is 7. The van der Waals surface area contributed by atoms with Gasteiger partial charge in [0.15, 0.2) is 0 Å². The molecule has 4 nitrogen and oxygen atoms in total. The van der Waals surface area contributed by atoms with Crippen molar-refractivity contribution in [2.45, 2.75) is 13.0 Å². The Balaban J connectivity index is 2.01. The molecule has 0 spiro atoms. The van der Waals surface area contributed by atoms with Crippen LogP contribution < -0.4 is 5.32 Å². The molecule has 0 radical (unpaired) electrons. The van der Waals surface area contributed by atoms with Gasteiger partial charge in [-0.3, -0.25) is 0 Å². The molecule has 0 fully saturated rings. The third-order valence-electron chi connectivity index (χ3n) is 2.88. The normalized spacial score (nSPS) is 10.8. The van der Waals surface area contributed by atoms with Crippen LogP contribution in [0.4, 0.5) is 14.7 Å². The average molecular weight is 281 g/mol. The van der Waals surface area contributed by atoms with Crippen molar-refractivity contribution in [1.82, 2.24) is 9.55 Å². The van der Waals surface area contributed by atoms with E-state index in [1.54, 1.807) is 24.1 Å². The minimum atomic E-state index is -0.574. The summed E-state index contributed by atoms with van der Waals surface area (Å²) >= 11 is 0. The molecule has 20 heavy (non-hydrogen) atoms. The third-order valence-corrected chi connectivity index (χ3v) is 2.88. The van der Waals surface area contributed by atoms with Gasteiger partial charge in [-0.05, 0) is 12.5 Å². The second kappa shape index (κ2) is 7.00. The zero-order valence-corrected chi connectivity index (χ0v) is 11.3. The van der Waals surface area contributed by atoms with E-state index in [0.29, 0.717) is 24.7 Å². The number of halogens is 2. The Bertz CT molecular complexity index is 557. The molecule has 1 N–H and O–H groups in total. The molecular weight excluding hydrogens is 264 g/mol. The van der Waals surface area contributed by atoms with Gasteiger partial charge in [-0.15, -0.1) is 0 Å². The zero-order chi connectivity index (χ0) is 14.4. The summed E-state index contributed by atoms with van der Waals surface area (Å²) in [5, 5.41) is 3.15. The lowest BCUT2D eigenvalue weighted by Gasteiger charge is -2.10. The smallest absolute Gasteiger partial charge is 0.203 e. The molecule has 0 saturated carbocycles. The molecule has 6 heteroatoms. The van der Waals surface area contributed by atoms with Crippen molar-refractivity contribution in [2.24, 2.45) is 0 Å². The van der Waals surface area contributed by atoms with E-state index >= 15 is 0 Å². The highest BCUT2D eigenvalue weighted by molar-refractivity contribution is 5.28. The first kappa shape index (κ1) is 14.5. The van der Waals surface area contributed by atoms with Gasteiger partial charge in [0.2, 0.25) is 5.95 Å². The summed E-state index contributed by atoms with van der Waals surface area (Å²) in [7, 11) is 1.65. The molecule has 1 aromatic heterocycles. The second-order valence-electron chi connectivity index (χ2n) is 4.39. The number of hydrogen-bond donors (Lipinski definition) is 1. The highest BCUT2D eigenvalue weighted by atomic mass is 19.1. The molecule has 108 valence electrons. The Hall–Kier alpha value is -1.95. The van der Waals surface area contributed by atoms with Crippen molar-refractivity contribution in [2.75, 3.05) is 25.6 Å². The number of benzene rings is 1. The van der Waals surface area contributed by atoms with Gasteiger partial charge in [-0.1, -0.05) is 6.07 Å². The fourth-order valence-electron chi connectivity index (χ4n) is 1.85. The summed E-state index contributed by atoms with van der Waals surface area (Å²) < 4.78 is 33.2. The van der Waals surface area contributed by atoms with Crippen LogP contribution in [0.1, 0.15) is 12.0 Å². The Labute approximate surface area is 116 Å². The average Bonchev–Trinajstić information content (AvgIpc) is 2.85. The van der Waals surface area contributed by atoms with E-state index in [-0.39, 0.29) is 0 Å². The Morgan fingerprint density at radius 1 is 1.35 bits per heavy atom. The van der Waals surface area contributed by atoms with Crippen LogP contribution in [0.3, 0.4) is 0 Å². The lowest BCUT2D eigenvalue weighted by atomic mass is 10.2. The van der Waals surface area contributed by atoms with E-state index in [1.165, 1.54) is 12.1 Å². The third kappa shape index (κ3) is 3.77. The molecule has 0 aliphatic carbocycles. The first-order chi connectivity index (χ1) is 9.70. The number of nitrogens with zero attached hydrogens (tertiary/aromatic N) is 2. The van der Waals surface area contributed by atoms with Crippen molar-refractivity contribution in [3.05, 3.63) is 47.8 Å². The lowest BCUT2D eigenvalue weighted by Crippen LogP contribution is -2.11. The first-order valence-electron chi connectivity index (χ1n) is 6.38. The quantitative estimate of drug-likeness (QED) is 0.793. The number of ether oxygens (including phenoxy) is 1. The summed E-state index contributed by atoms with van der Waals surface area (Å²) in [5.41, 5.74) is 0.421. The van der Waals surface area contributed by atoms with Gasteiger partial charge in [0.25, 0.3) is 0 Å². The van der Waals surface area contributed by atoms with Gasteiger partial charge in [-0.25, -0.2) is 13.8 Å². The standard InChI is InChI=1S/C14H17F2N3O/c1-20-8-2-5-17-14-18-6-7-19(14)10-11-3-4-12(15)9-13(11)16/h3-4,6-7,9H,2,5,8,10H2,1H3,(H,17,18). The van der Waals surface area contributed by atoms with E-state index in [4.69, 9.17) is 4.74 Å². The molecule has 0 aliphatic heterocycles. The maximum absolute atomic E-state index is 13.6. The maximum Gasteiger partial charge on any atom is 0.203 e.